The summed E-state index contributed by atoms with van der Waals surface area (Å²) in [5.74, 6) is 3.02. The van der Waals surface area contributed by atoms with E-state index in [0.29, 0.717) is 17.4 Å². The number of aromatic amines is 1. The van der Waals surface area contributed by atoms with Crippen LogP contribution in [0, 0.1) is 12.8 Å². The normalized spacial score (nSPS) is 18.9. The highest BCUT2D eigenvalue weighted by molar-refractivity contribution is 6.00. The highest BCUT2D eigenvalue weighted by Gasteiger charge is 2.25. The first-order valence-corrected chi connectivity index (χ1v) is 10.6. The third-order valence-electron chi connectivity index (χ3n) is 6.20. The lowest BCUT2D eigenvalue weighted by molar-refractivity contribution is 0.0943. The van der Waals surface area contributed by atoms with E-state index >= 15 is 0 Å². The third-order valence-corrected chi connectivity index (χ3v) is 6.20. The molecule has 1 fully saturated rings. The fraction of sp³-hybridized carbons (Fsp3) is 0.417. The van der Waals surface area contributed by atoms with Gasteiger partial charge in [0, 0.05) is 37.6 Å². The minimum atomic E-state index is -0.0172. The van der Waals surface area contributed by atoms with E-state index in [4.69, 9.17) is 4.74 Å². The number of carbonyl (C=O) groups excluding carboxylic acids is 1. The summed E-state index contributed by atoms with van der Waals surface area (Å²) >= 11 is 0. The number of rotatable bonds is 6. The quantitative estimate of drug-likeness (QED) is 0.636. The van der Waals surface area contributed by atoms with E-state index in [9.17, 15) is 4.79 Å². The molecule has 1 amide bonds. The molecule has 1 aliphatic rings. The zero-order chi connectivity index (χ0) is 21.1. The summed E-state index contributed by atoms with van der Waals surface area (Å²) in [4.78, 5) is 20.8. The molecule has 0 aliphatic heterocycles. The van der Waals surface area contributed by atoms with Crippen LogP contribution in [-0.2, 0) is 7.05 Å². The number of hydrogen-bond donors (Lipinski definition) is 2. The molecule has 2 N–H and O–H groups in total. The van der Waals surface area contributed by atoms with Gasteiger partial charge in [-0.25, -0.2) is 4.98 Å². The molecule has 158 valence electrons. The van der Waals surface area contributed by atoms with Crippen LogP contribution in [0.1, 0.15) is 53.5 Å². The molecule has 2 aromatic heterocycles. The summed E-state index contributed by atoms with van der Waals surface area (Å²) in [6.07, 6.45) is 8.39. The summed E-state index contributed by atoms with van der Waals surface area (Å²) in [6, 6.07) is 9.69. The lowest BCUT2D eigenvalue weighted by atomic mass is 9.81. The van der Waals surface area contributed by atoms with Crippen molar-refractivity contribution in [3.8, 4) is 17.0 Å². The maximum absolute atomic E-state index is 12.9. The predicted octanol–water partition coefficient (Wildman–Crippen LogP) is 4.44. The first kappa shape index (κ1) is 20.3. The van der Waals surface area contributed by atoms with Crippen LogP contribution in [0.15, 0.2) is 42.7 Å². The zero-order valence-corrected chi connectivity index (χ0v) is 17.9. The molecule has 1 saturated carbocycles. The van der Waals surface area contributed by atoms with Crippen LogP contribution in [0.2, 0.25) is 0 Å². The predicted molar refractivity (Wildman–Crippen MR) is 118 cm³/mol. The number of methoxy groups -OCH3 is 1. The zero-order valence-electron chi connectivity index (χ0n) is 17.9. The fourth-order valence-corrected chi connectivity index (χ4v) is 4.48. The van der Waals surface area contributed by atoms with Crippen molar-refractivity contribution in [3.05, 3.63) is 59.8 Å². The Bertz CT molecular complexity index is 995. The molecule has 0 spiro atoms. The highest BCUT2D eigenvalue weighted by Crippen LogP contribution is 2.34. The number of nitrogens with zero attached hydrogens (tertiary/aromatic N) is 2. The summed E-state index contributed by atoms with van der Waals surface area (Å²) < 4.78 is 7.36. The fourth-order valence-electron chi connectivity index (χ4n) is 4.48. The molecular formula is C24H30N4O2. The van der Waals surface area contributed by atoms with Gasteiger partial charge in [-0.1, -0.05) is 0 Å². The first-order valence-electron chi connectivity index (χ1n) is 10.6. The van der Waals surface area contributed by atoms with E-state index < -0.39 is 0 Å². The van der Waals surface area contributed by atoms with E-state index in [1.165, 1.54) is 5.82 Å². The molecule has 0 saturated heterocycles. The Balaban J connectivity index is 1.36. The van der Waals surface area contributed by atoms with Gasteiger partial charge in [0.1, 0.15) is 11.6 Å². The Hall–Kier alpha value is -3.02. The minimum absolute atomic E-state index is 0.0172. The summed E-state index contributed by atoms with van der Waals surface area (Å²) in [5.41, 5.74) is 3.50. The van der Waals surface area contributed by atoms with Crippen molar-refractivity contribution >= 4 is 5.91 Å². The molecule has 0 unspecified atom stereocenters. The summed E-state index contributed by atoms with van der Waals surface area (Å²) in [6.45, 7) is 2.70. The molecule has 3 aromatic rings. The highest BCUT2D eigenvalue weighted by atomic mass is 16.5. The second kappa shape index (κ2) is 8.78. The molecule has 2 heterocycles. The Kier molecular flexibility index (Phi) is 5.93. The van der Waals surface area contributed by atoms with Gasteiger partial charge in [0.05, 0.1) is 18.4 Å². The van der Waals surface area contributed by atoms with Crippen molar-refractivity contribution in [2.45, 2.75) is 38.5 Å². The van der Waals surface area contributed by atoms with Crippen LogP contribution in [0.5, 0.6) is 5.75 Å². The van der Waals surface area contributed by atoms with E-state index in [-0.39, 0.29) is 5.91 Å². The largest absolute Gasteiger partial charge is 0.497 e. The lowest BCUT2D eigenvalue weighted by Crippen LogP contribution is -2.31. The lowest BCUT2D eigenvalue weighted by Gasteiger charge is -2.28. The van der Waals surface area contributed by atoms with Gasteiger partial charge in [0.15, 0.2) is 0 Å². The molecule has 0 bridgehead atoms. The number of nitrogens with one attached hydrogen (secondary N) is 2. The molecule has 30 heavy (non-hydrogen) atoms. The molecule has 0 atom stereocenters. The van der Waals surface area contributed by atoms with Crippen molar-refractivity contribution in [2.24, 2.45) is 13.0 Å². The summed E-state index contributed by atoms with van der Waals surface area (Å²) in [7, 11) is 3.71. The number of imidazole rings is 1. The molecule has 1 aromatic carbocycles. The Morgan fingerprint density at radius 1 is 1.23 bits per heavy atom. The van der Waals surface area contributed by atoms with Crippen molar-refractivity contribution in [1.29, 1.82) is 0 Å². The van der Waals surface area contributed by atoms with E-state index in [1.54, 1.807) is 7.11 Å². The number of benzene rings is 1. The number of ether oxygens (including phenoxy) is 1. The van der Waals surface area contributed by atoms with Crippen LogP contribution >= 0.6 is 0 Å². The Morgan fingerprint density at radius 3 is 2.60 bits per heavy atom. The van der Waals surface area contributed by atoms with E-state index in [0.717, 1.165) is 54.9 Å². The number of H-pyrrole nitrogens is 1. The number of carbonyl (C=O) groups is 1. The van der Waals surface area contributed by atoms with E-state index in [2.05, 4.69) is 26.9 Å². The number of aryl methyl sites for hydroxylation is 2. The first-order chi connectivity index (χ1) is 14.5. The van der Waals surface area contributed by atoms with Crippen LogP contribution in [0.3, 0.4) is 0 Å². The standard InChI is InChI=1S/C24H30N4O2/c1-16-14-21(22(27-16)18-8-10-20(30-3)11-9-18)24(29)26-15-17-4-6-19(7-5-17)23-25-12-13-28(23)2/h8-14,17,19,27H,4-7,15H2,1-3H3,(H,26,29). The molecule has 4 rings (SSSR count). The SMILES string of the molecule is COc1ccc(-c2[nH]c(C)cc2C(=O)NCC2CCC(c3nccn3C)CC2)cc1. The monoisotopic (exact) mass is 406 g/mol. The third kappa shape index (κ3) is 4.27. The van der Waals surface area contributed by atoms with Gasteiger partial charge in [-0.05, 0) is 74.4 Å². The van der Waals surface area contributed by atoms with Crippen molar-refractivity contribution < 1.29 is 9.53 Å². The van der Waals surface area contributed by atoms with Crippen LogP contribution in [-0.4, -0.2) is 34.1 Å². The molecule has 0 radical (unpaired) electrons. The maximum Gasteiger partial charge on any atom is 0.253 e. The average Bonchev–Trinajstić information content (AvgIpc) is 3.38. The minimum Gasteiger partial charge on any atom is -0.497 e. The molecule has 1 aliphatic carbocycles. The topological polar surface area (TPSA) is 71.9 Å². The van der Waals surface area contributed by atoms with Crippen LogP contribution in [0.4, 0.5) is 0 Å². The van der Waals surface area contributed by atoms with Crippen LogP contribution in [0.25, 0.3) is 11.3 Å². The smallest absolute Gasteiger partial charge is 0.253 e. The van der Waals surface area contributed by atoms with Gasteiger partial charge in [0.2, 0.25) is 0 Å². The van der Waals surface area contributed by atoms with E-state index in [1.807, 2.05) is 49.6 Å². The van der Waals surface area contributed by atoms with Gasteiger partial charge in [-0.15, -0.1) is 0 Å². The number of amides is 1. The second-order valence-corrected chi connectivity index (χ2v) is 8.29. The Labute approximate surface area is 177 Å². The van der Waals surface area contributed by atoms with Gasteiger partial charge in [0.25, 0.3) is 5.91 Å². The average molecular weight is 407 g/mol. The number of hydrogen-bond acceptors (Lipinski definition) is 3. The Morgan fingerprint density at radius 2 is 1.97 bits per heavy atom. The maximum atomic E-state index is 12.9. The van der Waals surface area contributed by atoms with Crippen LogP contribution < -0.4 is 10.1 Å². The van der Waals surface area contributed by atoms with Gasteiger partial charge >= 0.3 is 0 Å². The molecular weight excluding hydrogens is 376 g/mol. The van der Waals surface area contributed by atoms with Crippen molar-refractivity contribution in [1.82, 2.24) is 19.9 Å². The van der Waals surface area contributed by atoms with Gasteiger partial charge < -0.3 is 19.6 Å². The van der Waals surface area contributed by atoms with Gasteiger partial charge in [-0.2, -0.15) is 0 Å². The van der Waals surface area contributed by atoms with Crippen molar-refractivity contribution in [3.63, 3.8) is 0 Å². The second-order valence-electron chi connectivity index (χ2n) is 8.29. The molecule has 6 nitrogen and oxygen atoms in total. The molecule has 6 heteroatoms. The van der Waals surface area contributed by atoms with Crippen molar-refractivity contribution in [2.75, 3.05) is 13.7 Å². The van der Waals surface area contributed by atoms with Gasteiger partial charge in [-0.3, -0.25) is 4.79 Å². The summed E-state index contributed by atoms with van der Waals surface area (Å²) in [5, 5.41) is 3.17. The number of aromatic nitrogens is 3.